The van der Waals surface area contributed by atoms with Gasteiger partial charge in [0.25, 0.3) is 0 Å². The summed E-state index contributed by atoms with van der Waals surface area (Å²) in [5.74, 6) is 0.620. The molecule has 0 fully saturated rings. The standard InChI is InChI=1S/C10H18N2/c1-9(2)6-4-3-5-7-10(12)8-11/h4,6,9-10H,3,5,7,12H2,1-2H3. The molecule has 0 amide bonds. The molecule has 0 heterocycles. The summed E-state index contributed by atoms with van der Waals surface area (Å²) in [6.45, 7) is 4.30. The highest BCUT2D eigenvalue weighted by Crippen LogP contribution is 2.01. The third kappa shape index (κ3) is 7.30. The number of nitriles is 1. The Morgan fingerprint density at radius 2 is 2.17 bits per heavy atom. The largest absolute Gasteiger partial charge is 0.316 e. The van der Waals surface area contributed by atoms with Crippen LogP contribution in [0.15, 0.2) is 12.2 Å². The first kappa shape index (κ1) is 11.2. The van der Waals surface area contributed by atoms with Crippen molar-refractivity contribution in [1.29, 1.82) is 5.26 Å². The van der Waals surface area contributed by atoms with Gasteiger partial charge in [-0.05, 0) is 25.2 Å². The molecule has 0 spiro atoms. The van der Waals surface area contributed by atoms with E-state index in [2.05, 4.69) is 26.0 Å². The zero-order valence-corrected chi connectivity index (χ0v) is 7.96. The Balaban J connectivity index is 3.28. The van der Waals surface area contributed by atoms with Crippen molar-refractivity contribution < 1.29 is 0 Å². The first-order chi connectivity index (χ1) is 5.66. The van der Waals surface area contributed by atoms with Gasteiger partial charge in [0, 0.05) is 0 Å². The van der Waals surface area contributed by atoms with Crippen molar-refractivity contribution >= 4 is 0 Å². The molecule has 0 aliphatic carbocycles. The van der Waals surface area contributed by atoms with Gasteiger partial charge in [0.1, 0.15) is 0 Å². The Morgan fingerprint density at radius 1 is 1.50 bits per heavy atom. The van der Waals surface area contributed by atoms with Crippen molar-refractivity contribution in [1.82, 2.24) is 0 Å². The predicted octanol–water partition coefficient (Wildman–Crippen LogP) is 2.22. The number of rotatable bonds is 5. The minimum absolute atomic E-state index is 0.280. The normalized spacial score (nSPS) is 13.6. The van der Waals surface area contributed by atoms with Crippen LogP contribution in [0.4, 0.5) is 0 Å². The molecule has 1 atom stereocenters. The molecule has 12 heavy (non-hydrogen) atoms. The van der Waals surface area contributed by atoms with Gasteiger partial charge >= 0.3 is 0 Å². The molecule has 2 nitrogen and oxygen atoms in total. The third-order valence-corrected chi connectivity index (χ3v) is 1.57. The maximum atomic E-state index is 8.39. The van der Waals surface area contributed by atoms with Crippen molar-refractivity contribution in [2.24, 2.45) is 11.7 Å². The Hall–Kier alpha value is -0.810. The SMILES string of the molecule is CC(C)C=CCCCC(N)C#N. The smallest absolute Gasteiger partial charge is 0.0928 e. The predicted molar refractivity (Wildman–Crippen MR) is 51.4 cm³/mol. The van der Waals surface area contributed by atoms with Gasteiger partial charge in [-0.25, -0.2) is 0 Å². The zero-order valence-electron chi connectivity index (χ0n) is 7.96. The van der Waals surface area contributed by atoms with Crippen LogP contribution in [0.3, 0.4) is 0 Å². The summed E-state index contributed by atoms with van der Waals surface area (Å²) in [5, 5.41) is 8.39. The molecule has 0 saturated carbocycles. The maximum Gasteiger partial charge on any atom is 0.0928 e. The second kappa shape index (κ2) is 6.87. The zero-order chi connectivity index (χ0) is 9.40. The van der Waals surface area contributed by atoms with Crippen molar-refractivity contribution in [2.75, 3.05) is 0 Å². The average Bonchev–Trinajstić information content (AvgIpc) is 2.03. The molecule has 0 aromatic rings. The quantitative estimate of drug-likeness (QED) is 0.503. The fourth-order valence-corrected chi connectivity index (χ4v) is 0.889. The van der Waals surface area contributed by atoms with Crippen LogP contribution in [0, 0.1) is 17.2 Å². The van der Waals surface area contributed by atoms with E-state index in [1.54, 1.807) is 0 Å². The molecule has 2 heteroatoms. The lowest BCUT2D eigenvalue weighted by Crippen LogP contribution is -2.16. The van der Waals surface area contributed by atoms with E-state index in [1.165, 1.54) is 0 Å². The molecule has 0 saturated heterocycles. The van der Waals surface area contributed by atoms with E-state index in [-0.39, 0.29) is 6.04 Å². The second-order valence-electron chi connectivity index (χ2n) is 3.34. The van der Waals surface area contributed by atoms with Crippen LogP contribution in [0.25, 0.3) is 0 Å². The Morgan fingerprint density at radius 3 is 2.67 bits per heavy atom. The molecule has 0 radical (unpaired) electrons. The molecule has 0 rings (SSSR count). The lowest BCUT2D eigenvalue weighted by molar-refractivity contribution is 0.680. The fourth-order valence-electron chi connectivity index (χ4n) is 0.889. The van der Waals surface area contributed by atoms with E-state index in [0.717, 1.165) is 19.3 Å². The van der Waals surface area contributed by atoms with E-state index in [4.69, 9.17) is 11.0 Å². The van der Waals surface area contributed by atoms with Gasteiger partial charge in [0.2, 0.25) is 0 Å². The van der Waals surface area contributed by atoms with Crippen LogP contribution < -0.4 is 5.73 Å². The molecular weight excluding hydrogens is 148 g/mol. The first-order valence-corrected chi connectivity index (χ1v) is 4.48. The van der Waals surface area contributed by atoms with Crippen LogP contribution in [-0.2, 0) is 0 Å². The van der Waals surface area contributed by atoms with E-state index in [9.17, 15) is 0 Å². The molecule has 0 aromatic carbocycles. The topological polar surface area (TPSA) is 49.8 Å². The molecule has 0 aliphatic rings. The summed E-state index contributed by atoms with van der Waals surface area (Å²) in [6, 6.07) is 1.74. The maximum absolute atomic E-state index is 8.39. The second-order valence-corrected chi connectivity index (χ2v) is 3.34. The van der Waals surface area contributed by atoms with Gasteiger partial charge in [0.15, 0.2) is 0 Å². The van der Waals surface area contributed by atoms with E-state index in [0.29, 0.717) is 5.92 Å². The van der Waals surface area contributed by atoms with Gasteiger partial charge in [-0.2, -0.15) is 5.26 Å². The fraction of sp³-hybridized carbons (Fsp3) is 0.700. The van der Waals surface area contributed by atoms with Crippen LogP contribution >= 0.6 is 0 Å². The third-order valence-electron chi connectivity index (χ3n) is 1.57. The minimum Gasteiger partial charge on any atom is -0.316 e. The number of hydrogen-bond donors (Lipinski definition) is 1. The summed E-state index contributed by atoms with van der Waals surface area (Å²) in [6.07, 6.45) is 7.19. The van der Waals surface area contributed by atoms with Crippen LogP contribution in [0.1, 0.15) is 33.1 Å². The molecule has 68 valence electrons. The molecule has 0 bridgehead atoms. The Labute approximate surface area is 75.1 Å². The van der Waals surface area contributed by atoms with Crippen LogP contribution in [0.2, 0.25) is 0 Å². The van der Waals surface area contributed by atoms with Crippen LogP contribution in [0.5, 0.6) is 0 Å². The van der Waals surface area contributed by atoms with Crippen molar-refractivity contribution in [2.45, 2.75) is 39.2 Å². The average molecular weight is 166 g/mol. The Bertz CT molecular complexity index is 165. The summed E-state index contributed by atoms with van der Waals surface area (Å²) < 4.78 is 0. The summed E-state index contributed by atoms with van der Waals surface area (Å²) in [5.41, 5.74) is 5.43. The highest BCUT2D eigenvalue weighted by molar-refractivity contribution is 4.88. The first-order valence-electron chi connectivity index (χ1n) is 4.48. The molecule has 2 N–H and O–H groups in total. The van der Waals surface area contributed by atoms with Crippen molar-refractivity contribution in [3.63, 3.8) is 0 Å². The number of nitrogens with two attached hydrogens (primary N) is 1. The molecular formula is C10H18N2. The monoisotopic (exact) mass is 166 g/mol. The van der Waals surface area contributed by atoms with Gasteiger partial charge in [-0.3, -0.25) is 0 Å². The number of nitrogens with zero attached hydrogens (tertiary/aromatic N) is 1. The number of unbranched alkanes of at least 4 members (excludes halogenated alkanes) is 1. The molecule has 1 unspecified atom stereocenters. The van der Waals surface area contributed by atoms with Crippen molar-refractivity contribution in [3.8, 4) is 6.07 Å². The number of allylic oxidation sites excluding steroid dienone is 2. The summed E-state index contributed by atoms with van der Waals surface area (Å²) in [7, 11) is 0. The summed E-state index contributed by atoms with van der Waals surface area (Å²) >= 11 is 0. The van der Waals surface area contributed by atoms with E-state index in [1.807, 2.05) is 6.07 Å². The van der Waals surface area contributed by atoms with Gasteiger partial charge in [-0.1, -0.05) is 26.0 Å². The van der Waals surface area contributed by atoms with Gasteiger partial charge in [0.05, 0.1) is 12.1 Å². The van der Waals surface area contributed by atoms with Crippen molar-refractivity contribution in [3.05, 3.63) is 12.2 Å². The van der Waals surface area contributed by atoms with E-state index >= 15 is 0 Å². The minimum atomic E-state index is -0.280. The Kier molecular flexibility index (Phi) is 6.41. The van der Waals surface area contributed by atoms with Gasteiger partial charge < -0.3 is 5.73 Å². The lowest BCUT2D eigenvalue weighted by atomic mass is 10.1. The lowest BCUT2D eigenvalue weighted by Gasteiger charge is -1.99. The van der Waals surface area contributed by atoms with Crippen LogP contribution in [-0.4, -0.2) is 6.04 Å². The highest BCUT2D eigenvalue weighted by Gasteiger charge is 1.96. The molecule has 0 aliphatic heterocycles. The number of hydrogen-bond acceptors (Lipinski definition) is 2. The van der Waals surface area contributed by atoms with E-state index < -0.39 is 0 Å². The van der Waals surface area contributed by atoms with Gasteiger partial charge in [-0.15, -0.1) is 0 Å². The summed E-state index contributed by atoms with van der Waals surface area (Å²) in [4.78, 5) is 0. The highest BCUT2D eigenvalue weighted by atomic mass is 14.6. The molecule has 0 aromatic heterocycles.